The molecule has 0 aliphatic carbocycles. The summed E-state index contributed by atoms with van der Waals surface area (Å²) < 4.78 is 5.61. The predicted octanol–water partition coefficient (Wildman–Crippen LogP) is 3.28. The topological polar surface area (TPSA) is 41.6 Å². The number of amides is 2. The molecule has 2 aromatic rings. The molecule has 2 heterocycles. The number of carbonyl (C=O) groups excluding carboxylic acids is 1. The van der Waals surface area contributed by atoms with Crippen molar-refractivity contribution < 1.29 is 9.53 Å². The Balaban J connectivity index is 1.35. The molecule has 4 nitrogen and oxygen atoms in total. The molecule has 0 spiro atoms. The van der Waals surface area contributed by atoms with Crippen molar-refractivity contribution in [3.63, 3.8) is 0 Å². The molecule has 5 heteroatoms. The number of hydrogen-bond acceptors (Lipinski definition) is 3. The summed E-state index contributed by atoms with van der Waals surface area (Å²) in [7, 11) is 0. The van der Waals surface area contributed by atoms with E-state index in [1.54, 1.807) is 11.3 Å². The zero-order valence-corrected chi connectivity index (χ0v) is 13.3. The van der Waals surface area contributed by atoms with E-state index in [4.69, 9.17) is 4.74 Å². The van der Waals surface area contributed by atoms with E-state index in [1.165, 1.54) is 10.4 Å². The van der Waals surface area contributed by atoms with E-state index in [0.29, 0.717) is 13.2 Å². The van der Waals surface area contributed by atoms with Crippen LogP contribution in [-0.2, 0) is 13.0 Å². The third kappa shape index (κ3) is 3.80. The number of nitrogens with one attached hydrogen (secondary N) is 1. The number of rotatable bonds is 5. The van der Waals surface area contributed by atoms with Gasteiger partial charge in [-0.25, -0.2) is 4.79 Å². The molecular weight excluding hydrogens is 296 g/mol. The van der Waals surface area contributed by atoms with Gasteiger partial charge in [0.2, 0.25) is 0 Å². The molecule has 1 aliphatic heterocycles. The molecule has 0 saturated carbocycles. The fourth-order valence-corrected chi connectivity index (χ4v) is 3.40. The highest BCUT2D eigenvalue weighted by Crippen LogP contribution is 2.23. The van der Waals surface area contributed by atoms with Crippen LogP contribution in [0.25, 0.3) is 0 Å². The standard InChI is InChI=1S/C17H20N2O2S/c20-17(19-10-7-16-14(13-19)8-12-22-16)18-9-4-11-21-15-5-2-1-3-6-15/h1-3,5-6,8,12H,4,7,9-11,13H2,(H,18,20). The van der Waals surface area contributed by atoms with Gasteiger partial charge in [-0.15, -0.1) is 11.3 Å². The minimum atomic E-state index is 0.0246. The van der Waals surface area contributed by atoms with E-state index in [0.717, 1.165) is 31.7 Å². The highest BCUT2D eigenvalue weighted by molar-refractivity contribution is 7.10. The van der Waals surface area contributed by atoms with Gasteiger partial charge in [0.05, 0.1) is 6.61 Å². The van der Waals surface area contributed by atoms with E-state index in [-0.39, 0.29) is 6.03 Å². The van der Waals surface area contributed by atoms with Crippen LogP contribution in [0, 0.1) is 0 Å². The van der Waals surface area contributed by atoms with E-state index >= 15 is 0 Å². The van der Waals surface area contributed by atoms with Crippen LogP contribution in [0.4, 0.5) is 4.79 Å². The molecule has 0 bridgehead atoms. The highest BCUT2D eigenvalue weighted by Gasteiger charge is 2.20. The molecule has 1 aliphatic rings. The first-order chi connectivity index (χ1) is 10.8. The number of urea groups is 1. The quantitative estimate of drug-likeness (QED) is 0.860. The van der Waals surface area contributed by atoms with Crippen LogP contribution in [0.5, 0.6) is 5.75 Å². The second-order valence-electron chi connectivity index (χ2n) is 5.29. The van der Waals surface area contributed by atoms with Gasteiger partial charge in [-0.2, -0.15) is 0 Å². The maximum Gasteiger partial charge on any atom is 0.317 e. The van der Waals surface area contributed by atoms with Gasteiger partial charge in [-0.3, -0.25) is 0 Å². The van der Waals surface area contributed by atoms with Gasteiger partial charge in [-0.05, 0) is 42.0 Å². The number of ether oxygens (including phenoxy) is 1. The van der Waals surface area contributed by atoms with Crippen molar-refractivity contribution in [3.8, 4) is 5.75 Å². The van der Waals surface area contributed by atoms with Crippen molar-refractivity contribution in [2.45, 2.75) is 19.4 Å². The van der Waals surface area contributed by atoms with Crippen LogP contribution in [0.2, 0.25) is 0 Å². The third-order valence-corrected chi connectivity index (χ3v) is 4.73. The lowest BCUT2D eigenvalue weighted by Crippen LogP contribution is -2.42. The molecular formula is C17H20N2O2S. The Morgan fingerprint density at radius 1 is 1.27 bits per heavy atom. The lowest BCUT2D eigenvalue weighted by Gasteiger charge is -2.27. The summed E-state index contributed by atoms with van der Waals surface area (Å²) in [6.45, 7) is 2.78. The van der Waals surface area contributed by atoms with Crippen LogP contribution in [0.3, 0.4) is 0 Å². The Kier molecular flexibility index (Phi) is 4.96. The van der Waals surface area contributed by atoms with Crippen LogP contribution in [0.1, 0.15) is 16.9 Å². The average Bonchev–Trinajstić information content (AvgIpc) is 3.03. The molecule has 116 valence electrons. The number of para-hydroxylation sites is 1. The molecule has 22 heavy (non-hydrogen) atoms. The van der Waals surface area contributed by atoms with Gasteiger partial charge in [0.25, 0.3) is 0 Å². The number of fused-ring (bicyclic) bond motifs is 1. The second-order valence-corrected chi connectivity index (χ2v) is 6.29. The summed E-state index contributed by atoms with van der Waals surface area (Å²) in [5.74, 6) is 0.870. The average molecular weight is 316 g/mol. The molecule has 1 aromatic carbocycles. The Hall–Kier alpha value is -2.01. The largest absolute Gasteiger partial charge is 0.494 e. The van der Waals surface area contributed by atoms with E-state index in [9.17, 15) is 4.79 Å². The summed E-state index contributed by atoms with van der Waals surface area (Å²) in [5.41, 5.74) is 1.29. The molecule has 3 rings (SSSR count). The number of benzene rings is 1. The fraction of sp³-hybridized carbons (Fsp3) is 0.353. The minimum absolute atomic E-state index is 0.0246. The third-order valence-electron chi connectivity index (χ3n) is 3.70. The van der Waals surface area contributed by atoms with E-state index in [1.807, 2.05) is 35.2 Å². The van der Waals surface area contributed by atoms with Crippen LogP contribution < -0.4 is 10.1 Å². The molecule has 0 saturated heterocycles. The van der Waals surface area contributed by atoms with Gasteiger partial charge >= 0.3 is 6.03 Å². The summed E-state index contributed by atoms with van der Waals surface area (Å²) >= 11 is 1.79. The fourth-order valence-electron chi connectivity index (χ4n) is 2.51. The zero-order chi connectivity index (χ0) is 15.2. The normalized spacial score (nSPS) is 13.5. The monoisotopic (exact) mass is 316 g/mol. The molecule has 0 unspecified atom stereocenters. The number of thiophene rings is 1. The molecule has 0 atom stereocenters. The highest BCUT2D eigenvalue weighted by atomic mass is 32.1. The number of nitrogens with zero attached hydrogens (tertiary/aromatic N) is 1. The van der Waals surface area contributed by atoms with Gasteiger partial charge in [-0.1, -0.05) is 18.2 Å². The SMILES string of the molecule is O=C(NCCCOc1ccccc1)N1CCc2sccc2C1. The van der Waals surface area contributed by atoms with Crippen LogP contribution in [-0.4, -0.2) is 30.6 Å². The van der Waals surface area contributed by atoms with Crippen molar-refractivity contribution in [3.05, 3.63) is 52.2 Å². The molecule has 0 radical (unpaired) electrons. The van der Waals surface area contributed by atoms with E-state index in [2.05, 4.69) is 16.8 Å². The molecule has 1 N–H and O–H groups in total. The minimum Gasteiger partial charge on any atom is -0.494 e. The second kappa shape index (κ2) is 7.31. The van der Waals surface area contributed by atoms with Gasteiger partial charge in [0.15, 0.2) is 0 Å². The van der Waals surface area contributed by atoms with Crippen molar-refractivity contribution in [2.75, 3.05) is 19.7 Å². The Bertz CT molecular complexity index is 612. The summed E-state index contributed by atoms with van der Waals surface area (Å²) in [6.07, 6.45) is 1.77. The number of hydrogen-bond donors (Lipinski definition) is 1. The summed E-state index contributed by atoms with van der Waals surface area (Å²) in [5, 5.41) is 5.08. The first-order valence-corrected chi connectivity index (χ1v) is 8.47. The van der Waals surface area contributed by atoms with Crippen molar-refractivity contribution in [1.29, 1.82) is 0 Å². The maximum absolute atomic E-state index is 12.1. The molecule has 1 aromatic heterocycles. The Labute approximate surface area is 134 Å². The Morgan fingerprint density at radius 3 is 3.00 bits per heavy atom. The van der Waals surface area contributed by atoms with Gasteiger partial charge in [0, 0.05) is 24.5 Å². The van der Waals surface area contributed by atoms with E-state index < -0.39 is 0 Å². The van der Waals surface area contributed by atoms with Crippen molar-refractivity contribution in [2.24, 2.45) is 0 Å². The number of carbonyl (C=O) groups is 1. The van der Waals surface area contributed by atoms with Gasteiger partial charge < -0.3 is 15.0 Å². The Morgan fingerprint density at radius 2 is 2.14 bits per heavy atom. The summed E-state index contributed by atoms with van der Waals surface area (Å²) in [6, 6.07) is 11.9. The predicted molar refractivity (Wildman–Crippen MR) is 88.4 cm³/mol. The lowest BCUT2D eigenvalue weighted by atomic mass is 10.1. The maximum atomic E-state index is 12.1. The molecule has 0 fully saturated rings. The van der Waals surface area contributed by atoms with Crippen molar-refractivity contribution in [1.82, 2.24) is 10.2 Å². The van der Waals surface area contributed by atoms with Crippen molar-refractivity contribution >= 4 is 17.4 Å². The first kappa shape index (κ1) is 14.9. The first-order valence-electron chi connectivity index (χ1n) is 7.59. The smallest absolute Gasteiger partial charge is 0.317 e. The van der Waals surface area contributed by atoms with Crippen LogP contribution in [0.15, 0.2) is 41.8 Å². The molecule has 2 amide bonds. The lowest BCUT2D eigenvalue weighted by molar-refractivity contribution is 0.191. The van der Waals surface area contributed by atoms with Crippen LogP contribution >= 0.6 is 11.3 Å². The zero-order valence-electron chi connectivity index (χ0n) is 12.5. The van der Waals surface area contributed by atoms with Gasteiger partial charge in [0.1, 0.15) is 5.75 Å². The summed E-state index contributed by atoms with van der Waals surface area (Å²) in [4.78, 5) is 15.4.